The fourth-order valence-corrected chi connectivity index (χ4v) is 1.50. The second-order valence-corrected chi connectivity index (χ2v) is 3.33. The van der Waals surface area contributed by atoms with Crippen molar-refractivity contribution in [1.29, 1.82) is 0 Å². The lowest BCUT2D eigenvalue weighted by atomic mass is 10.2. The summed E-state index contributed by atoms with van der Waals surface area (Å²) >= 11 is 0. The fraction of sp³-hybridized carbons (Fsp3) is 0.182. The first kappa shape index (κ1) is 9.58. The van der Waals surface area contributed by atoms with Crippen LogP contribution in [0.5, 0.6) is 5.75 Å². The van der Waals surface area contributed by atoms with E-state index in [0.717, 1.165) is 11.4 Å². The monoisotopic (exact) mass is 203 g/mol. The number of hydrogen-bond acceptors (Lipinski definition) is 3. The number of ether oxygens (including phenoxy) is 1. The quantitative estimate of drug-likeness (QED) is 0.757. The minimum absolute atomic E-state index is 0.628. The summed E-state index contributed by atoms with van der Waals surface area (Å²) in [4.78, 5) is 4.06. The topological polar surface area (TPSA) is 53.1 Å². The molecule has 4 nitrogen and oxygen atoms in total. The van der Waals surface area contributed by atoms with Gasteiger partial charge in [-0.15, -0.1) is 0 Å². The van der Waals surface area contributed by atoms with Crippen LogP contribution in [0.1, 0.15) is 5.69 Å². The third-order valence-electron chi connectivity index (χ3n) is 2.31. The summed E-state index contributed by atoms with van der Waals surface area (Å²) in [6.07, 6.45) is 3.57. The largest absolute Gasteiger partial charge is 0.495 e. The number of methoxy groups -OCH3 is 1. The molecule has 0 fully saturated rings. The molecule has 0 radical (unpaired) electrons. The number of nitrogens with two attached hydrogens (primary N) is 1. The van der Waals surface area contributed by atoms with E-state index in [0.29, 0.717) is 11.4 Å². The molecule has 1 aromatic heterocycles. The number of imidazole rings is 1. The summed E-state index contributed by atoms with van der Waals surface area (Å²) in [5.41, 5.74) is 8.52. The number of benzene rings is 1. The molecule has 0 amide bonds. The van der Waals surface area contributed by atoms with Crippen molar-refractivity contribution in [3.05, 3.63) is 36.4 Å². The van der Waals surface area contributed by atoms with Gasteiger partial charge < -0.3 is 15.0 Å². The van der Waals surface area contributed by atoms with Crippen molar-refractivity contribution >= 4 is 5.69 Å². The van der Waals surface area contributed by atoms with Gasteiger partial charge >= 0.3 is 0 Å². The van der Waals surface area contributed by atoms with Crippen molar-refractivity contribution in [3.63, 3.8) is 0 Å². The van der Waals surface area contributed by atoms with E-state index in [4.69, 9.17) is 10.5 Å². The lowest BCUT2D eigenvalue weighted by Crippen LogP contribution is -1.98. The van der Waals surface area contributed by atoms with E-state index in [9.17, 15) is 0 Å². The standard InChI is InChI=1S/C11H13N3O/c1-8-6-13-7-14(8)9-3-4-11(15-2)10(12)5-9/h3-7H,12H2,1-2H3. The first-order chi connectivity index (χ1) is 7.22. The summed E-state index contributed by atoms with van der Waals surface area (Å²) in [5, 5.41) is 0. The maximum atomic E-state index is 5.83. The average molecular weight is 203 g/mol. The minimum atomic E-state index is 0.628. The Hall–Kier alpha value is -1.97. The number of hydrogen-bond donors (Lipinski definition) is 1. The molecule has 0 aliphatic carbocycles. The summed E-state index contributed by atoms with van der Waals surface area (Å²) in [7, 11) is 1.60. The Morgan fingerprint density at radius 3 is 2.73 bits per heavy atom. The van der Waals surface area contributed by atoms with Crippen LogP contribution in [0.25, 0.3) is 5.69 Å². The van der Waals surface area contributed by atoms with Crippen molar-refractivity contribution in [2.24, 2.45) is 0 Å². The Balaban J connectivity index is 2.47. The molecular formula is C11H13N3O. The van der Waals surface area contributed by atoms with Crippen LogP contribution < -0.4 is 10.5 Å². The van der Waals surface area contributed by atoms with Crippen molar-refractivity contribution in [3.8, 4) is 11.4 Å². The van der Waals surface area contributed by atoms with Crippen molar-refractivity contribution < 1.29 is 4.74 Å². The van der Waals surface area contributed by atoms with E-state index in [2.05, 4.69) is 4.98 Å². The zero-order chi connectivity index (χ0) is 10.8. The van der Waals surface area contributed by atoms with Gasteiger partial charge in [-0.1, -0.05) is 0 Å². The number of aryl methyl sites for hydroxylation is 1. The Morgan fingerprint density at radius 2 is 2.20 bits per heavy atom. The van der Waals surface area contributed by atoms with Crippen LogP contribution in [0.4, 0.5) is 5.69 Å². The van der Waals surface area contributed by atoms with Crippen molar-refractivity contribution in [1.82, 2.24) is 9.55 Å². The molecule has 0 bridgehead atoms. The smallest absolute Gasteiger partial charge is 0.141 e. The fourth-order valence-electron chi connectivity index (χ4n) is 1.50. The Morgan fingerprint density at radius 1 is 1.40 bits per heavy atom. The molecule has 4 heteroatoms. The first-order valence-corrected chi connectivity index (χ1v) is 4.65. The molecule has 0 aliphatic heterocycles. The van der Waals surface area contributed by atoms with Gasteiger partial charge in [-0.2, -0.15) is 0 Å². The number of aromatic nitrogens is 2. The highest BCUT2D eigenvalue weighted by Crippen LogP contribution is 2.24. The molecule has 2 N–H and O–H groups in total. The van der Waals surface area contributed by atoms with Crippen LogP contribution in [-0.4, -0.2) is 16.7 Å². The first-order valence-electron chi connectivity index (χ1n) is 4.65. The van der Waals surface area contributed by atoms with Gasteiger partial charge in [0.05, 0.1) is 19.1 Å². The number of nitrogens with zero attached hydrogens (tertiary/aromatic N) is 2. The van der Waals surface area contributed by atoms with E-state index in [1.807, 2.05) is 29.7 Å². The van der Waals surface area contributed by atoms with Gasteiger partial charge in [0.2, 0.25) is 0 Å². The van der Waals surface area contributed by atoms with Gasteiger partial charge in [0.1, 0.15) is 5.75 Å². The van der Waals surface area contributed by atoms with Crippen LogP contribution in [0.3, 0.4) is 0 Å². The lowest BCUT2D eigenvalue weighted by molar-refractivity contribution is 0.417. The highest BCUT2D eigenvalue weighted by molar-refractivity contribution is 5.58. The molecule has 0 saturated heterocycles. The second-order valence-electron chi connectivity index (χ2n) is 3.33. The predicted molar refractivity (Wildman–Crippen MR) is 59.3 cm³/mol. The van der Waals surface area contributed by atoms with E-state index >= 15 is 0 Å². The Kier molecular flexibility index (Phi) is 2.33. The molecule has 1 heterocycles. The molecule has 2 rings (SSSR count). The molecule has 0 aliphatic rings. The second kappa shape index (κ2) is 3.65. The predicted octanol–water partition coefficient (Wildman–Crippen LogP) is 1.77. The molecule has 2 aromatic rings. The third-order valence-corrected chi connectivity index (χ3v) is 2.31. The third kappa shape index (κ3) is 1.66. The van der Waals surface area contributed by atoms with Gasteiger partial charge in [0, 0.05) is 17.6 Å². The average Bonchev–Trinajstić information content (AvgIpc) is 2.64. The zero-order valence-electron chi connectivity index (χ0n) is 8.77. The maximum Gasteiger partial charge on any atom is 0.141 e. The summed E-state index contributed by atoms with van der Waals surface area (Å²) < 4.78 is 7.07. The maximum absolute atomic E-state index is 5.83. The molecule has 1 aromatic carbocycles. The Labute approximate surface area is 88.3 Å². The molecule has 0 saturated carbocycles. The minimum Gasteiger partial charge on any atom is -0.495 e. The zero-order valence-corrected chi connectivity index (χ0v) is 8.77. The van der Waals surface area contributed by atoms with Crippen LogP contribution in [0, 0.1) is 6.92 Å². The van der Waals surface area contributed by atoms with Crippen molar-refractivity contribution in [2.45, 2.75) is 6.92 Å². The number of nitrogen functional groups attached to an aromatic ring is 1. The van der Waals surface area contributed by atoms with Crippen LogP contribution in [0.2, 0.25) is 0 Å². The van der Waals surface area contributed by atoms with Gasteiger partial charge in [0.25, 0.3) is 0 Å². The molecule has 0 spiro atoms. The normalized spacial score (nSPS) is 10.3. The van der Waals surface area contributed by atoms with Crippen LogP contribution >= 0.6 is 0 Å². The molecule has 15 heavy (non-hydrogen) atoms. The van der Waals surface area contributed by atoms with Crippen LogP contribution in [-0.2, 0) is 0 Å². The molecule has 78 valence electrons. The van der Waals surface area contributed by atoms with Gasteiger partial charge in [-0.05, 0) is 25.1 Å². The van der Waals surface area contributed by atoms with Gasteiger partial charge in [0.15, 0.2) is 0 Å². The summed E-state index contributed by atoms with van der Waals surface area (Å²) in [5.74, 6) is 0.691. The molecular weight excluding hydrogens is 190 g/mol. The summed E-state index contributed by atoms with van der Waals surface area (Å²) in [6.45, 7) is 1.99. The molecule has 0 atom stereocenters. The number of anilines is 1. The van der Waals surface area contributed by atoms with Crippen molar-refractivity contribution in [2.75, 3.05) is 12.8 Å². The Bertz CT molecular complexity index is 476. The SMILES string of the molecule is COc1ccc(-n2cncc2C)cc1N. The number of rotatable bonds is 2. The van der Waals surface area contributed by atoms with Gasteiger partial charge in [-0.3, -0.25) is 0 Å². The van der Waals surface area contributed by atoms with E-state index in [-0.39, 0.29) is 0 Å². The lowest BCUT2D eigenvalue weighted by Gasteiger charge is -2.08. The summed E-state index contributed by atoms with van der Waals surface area (Å²) in [6, 6.07) is 5.67. The van der Waals surface area contributed by atoms with Gasteiger partial charge in [-0.25, -0.2) is 4.98 Å². The van der Waals surface area contributed by atoms with Crippen LogP contribution in [0.15, 0.2) is 30.7 Å². The van der Waals surface area contributed by atoms with E-state index in [1.165, 1.54) is 0 Å². The highest BCUT2D eigenvalue weighted by Gasteiger charge is 2.03. The van der Waals surface area contributed by atoms with E-state index < -0.39 is 0 Å². The highest BCUT2D eigenvalue weighted by atomic mass is 16.5. The van der Waals surface area contributed by atoms with E-state index in [1.54, 1.807) is 19.6 Å². The molecule has 0 unspecified atom stereocenters.